The number of aliphatic carboxylic acids is 1. The topological polar surface area (TPSA) is 60.8 Å². The van der Waals surface area contributed by atoms with Crippen molar-refractivity contribution in [3.8, 4) is 0 Å². The van der Waals surface area contributed by atoms with E-state index in [0.29, 0.717) is 13.1 Å². The molecule has 100 valence electrons. The average molecular weight is 251 g/mol. The van der Waals surface area contributed by atoms with Crippen LogP contribution in [0.3, 0.4) is 0 Å². The zero-order valence-electron chi connectivity index (χ0n) is 10.7. The van der Waals surface area contributed by atoms with Crippen LogP contribution in [0.4, 0.5) is 0 Å². The van der Waals surface area contributed by atoms with Crippen LogP contribution in [0.25, 0.3) is 0 Å². The summed E-state index contributed by atoms with van der Waals surface area (Å²) in [5.74, 6) is -1.36. The molecular weight excluding hydrogens is 230 g/mol. The van der Waals surface area contributed by atoms with Crippen molar-refractivity contribution in [3.05, 3.63) is 35.9 Å². The van der Waals surface area contributed by atoms with E-state index in [1.165, 1.54) is 0 Å². The van der Waals surface area contributed by atoms with Crippen molar-refractivity contribution < 1.29 is 15.0 Å². The highest BCUT2D eigenvalue weighted by Crippen LogP contribution is 2.17. The standard InChI is InChI=1S/C14H21NO3/c1-2-8-15(9-10-16)11-13(14(17)18)12-6-4-3-5-7-12/h3-7,13,16H,2,8-11H2,1H3,(H,17,18). The molecule has 4 heteroatoms. The highest BCUT2D eigenvalue weighted by Gasteiger charge is 2.22. The van der Waals surface area contributed by atoms with Crippen LogP contribution < -0.4 is 0 Å². The Balaban J connectivity index is 2.76. The zero-order chi connectivity index (χ0) is 13.4. The molecule has 0 aromatic heterocycles. The second kappa shape index (κ2) is 7.84. The molecule has 1 aromatic carbocycles. The lowest BCUT2D eigenvalue weighted by Crippen LogP contribution is -2.34. The van der Waals surface area contributed by atoms with Crippen molar-refractivity contribution in [2.75, 3.05) is 26.2 Å². The third kappa shape index (κ3) is 4.47. The van der Waals surface area contributed by atoms with Crippen molar-refractivity contribution in [2.24, 2.45) is 0 Å². The first-order valence-electron chi connectivity index (χ1n) is 6.30. The van der Waals surface area contributed by atoms with Gasteiger partial charge in [-0.1, -0.05) is 37.3 Å². The molecule has 0 aliphatic heterocycles. The number of carbonyl (C=O) groups is 1. The van der Waals surface area contributed by atoms with Crippen LogP contribution in [0.2, 0.25) is 0 Å². The minimum atomic E-state index is -0.819. The molecule has 4 nitrogen and oxygen atoms in total. The fraction of sp³-hybridized carbons (Fsp3) is 0.500. The predicted molar refractivity (Wildman–Crippen MR) is 70.6 cm³/mol. The zero-order valence-corrected chi connectivity index (χ0v) is 10.7. The lowest BCUT2D eigenvalue weighted by atomic mass is 9.98. The van der Waals surface area contributed by atoms with Crippen molar-refractivity contribution in [1.29, 1.82) is 0 Å². The second-order valence-corrected chi connectivity index (χ2v) is 4.33. The summed E-state index contributed by atoms with van der Waals surface area (Å²) in [7, 11) is 0. The fourth-order valence-corrected chi connectivity index (χ4v) is 2.02. The third-order valence-corrected chi connectivity index (χ3v) is 2.90. The lowest BCUT2D eigenvalue weighted by Gasteiger charge is -2.24. The highest BCUT2D eigenvalue weighted by molar-refractivity contribution is 5.76. The molecule has 0 saturated carbocycles. The predicted octanol–water partition coefficient (Wildman–Crippen LogP) is 1.56. The van der Waals surface area contributed by atoms with Crippen LogP contribution in [0, 0.1) is 0 Å². The Hall–Kier alpha value is -1.39. The van der Waals surface area contributed by atoms with E-state index in [1.807, 2.05) is 42.2 Å². The summed E-state index contributed by atoms with van der Waals surface area (Å²) in [6.07, 6.45) is 0.946. The minimum Gasteiger partial charge on any atom is -0.481 e. The molecule has 2 N–H and O–H groups in total. The molecule has 0 aliphatic rings. The number of hydrogen-bond donors (Lipinski definition) is 2. The lowest BCUT2D eigenvalue weighted by molar-refractivity contribution is -0.139. The van der Waals surface area contributed by atoms with Crippen LogP contribution in [0.15, 0.2) is 30.3 Å². The molecule has 1 atom stereocenters. The summed E-state index contributed by atoms with van der Waals surface area (Å²) in [6.45, 7) is 3.86. The number of carboxylic acid groups (broad SMARTS) is 1. The number of aliphatic hydroxyl groups is 1. The van der Waals surface area contributed by atoms with E-state index >= 15 is 0 Å². The molecule has 0 spiro atoms. The SMILES string of the molecule is CCCN(CCO)CC(C(=O)O)c1ccccc1. The first-order valence-corrected chi connectivity index (χ1v) is 6.30. The van der Waals surface area contributed by atoms with Gasteiger partial charge in [-0.25, -0.2) is 0 Å². The summed E-state index contributed by atoms with van der Waals surface area (Å²) in [5.41, 5.74) is 0.809. The van der Waals surface area contributed by atoms with Crippen LogP contribution in [0.1, 0.15) is 24.8 Å². The molecule has 0 aliphatic carbocycles. The van der Waals surface area contributed by atoms with Crippen molar-refractivity contribution in [3.63, 3.8) is 0 Å². The molecular formula is C14H21NO3. The number of rotatable bonds is 8. The number of benzene rings is 1. The maximum Gasteiger partial charge on any atom is 0.312 e. The van der Waals surface area contributed by atoms with E-state index in [4.69, 9.17) is 5.11 Å². The number of carboxylic acids is 1. The molecule has 0 saturated heterocycles. The second-order valence-electron chi connectivity index (χ2n) is 4.33. The number of nitrogens with zero attached hydrogens (tertiary/aromatic N) is 1. The van der Waals surface area contributed by atoms with Gasteiger partial charge in [0, 0.05) is 13.1 Å². The van der Waals surface area contributed by atoms with Crippen LogP contribution in [-0.4, -0.2) is 47.3 Å². The summed E-state index contributed by atoms with van der Waals surface area (Å²) < 4.78 is 0. The maximum atomic E-state index is 11.4. The highest BCUT2D eigenvalue weighted by atomic mass is 16.4. The quantitative estimate of drug-likeness (QED) is 0.736. The van der Waals surface area contributed by atoms with Crippen molar-refractivity contribution in [1.82, 2.24) is 4.90 Å². The molecule has 0 heterocycles. The summed E-state index contributed by atoms with van der Waals surface area (Å²) in [6, 6.07) is 9.24. The van der Waals surface area contributed by atoms with E-state index in [1.54, 1.807) is 0 Å². The van der Waals surface area contributed by atoms with Crippen molar-refractivity contribution in [2.45, 2.75) is 19.3 Å². The Morgan fingerprint density at radius 3 is 2.44 bits per heavy atom. The van der Waals surface area contributed by atoms with Gasteiger partial charge in [0.25, 0.3) is 0 Å². The Morgan fingerprint density at radius 2 is 1.94 bits per heavy atom. The Morgan fingerprint density at radius 1 is 1.28 bits per heavy atom. The number of aliphatic hydroxyl groups excluding tert-OH is 1. The largest absolute Gasteiger partial charge is 0.481 e. The monoisotopic (exact) mass is 251 g/mol. The number of hydrogen-bond acceptors (Lipinski definition) is 3. The molecule has 1 unspecified atom stereocenters. The molecule has 0 radical (unpaired) electrons. The van der Waals surface area contributed by atoms with E-state index in [0.717, 1.165) is 18.5 Å². The van der Waals surface area contributed by atoms with E-state index < -0.39 is 11.9 Å². The van der Waals surface area contributed by atoms with Gasteiger partial charge in [-0.2, -0.15) is 0 Å². The summed E-state index contributed by atoms with van der Waals surface area (Å²) in [4.78, 5) is 13.3. The van der Waals surface area contributed by atoms with Gasteiger partial charge in [0.05, 0.1) is 12.5 Å². The summed E-state index contributed by atoms with van der Waals surface area (Å²) in [5, 5.41) is 18.3. The molecule has 0 bridgehead atoms. The van der Waals surface area contributed by atoms with Crippen LogP contribution in [0.5, 0.6) is 0 Å². The summed E-state index contributed by atoms with van der Waals surface area (Å²) >= 11 is 0. The van der Waals surface area contributed by atoms with Gasteiger partial charge in [0.1, 0.15) is 0 Å². The fourth-order valence-electron chi connectivity index (χ4n) is 2.02. The van der Waals surface area contributed by atoms with Crippen LogP contribution >= 0.6 is 0 Å². The van der Waals surface area contributed by atoms with Crippen molar-refractivity contribution >= 4 is 5.97 Å². The molecule has 1 aromatic rings. The van der Waals surface area contributed by atoms with Crippen LogP contribution in [-0.2, 0) is 4.79 Å². The smallest absolute Gasteiger partial charge is 0.312 e. The molecule has 1 rings (SSSR count). The van der Waals surface area contributed by atoms with E-state index in [9.17, 15) is 9.90 Å². The Labute approximate surface area is 108 Å². The molecule has 18 heavy (non-hydrogen) atoms. The van der Waals surface area contributed by atoms with Gasteiger partial charge in [0.2, 0.25) is 0 Å². The van der Waals surface area contributed by atoms with Gasteiger partial charge < -0.3 is 10.2 Å². The van der Waals surface area contributed by atoms with Gasteiger partial charge in [-0.15, -0.1) is 0 Å². The van der Waals surface area contributed by atoms with Gasteiger partial charge in [-0.05, 0) is 18.5 Å². The van der Waals surface area contributed by atoms with E-state index in [2.05, 4.69) is 0 Å². The third-order valence-electron chi connectivity index (χ3n) is 2.90. The van der Waals surface area contributed by atoms with Gasteiger partial charge >= 0.3 is 5.97 Å². The Kier molecular flexibility index (Phi) is 6.39. The Bertz CT molecular complexity index is 347. The molecule has 0 fully saturated rings. The maximum absolute atomic E-state index is 11.4. The normalized spacial score (nSPS) is 12.6. The van der Waals surface area contributed by atoms with Gasteiger partial charge in [0.15, 0.2) is 0 Å². The average Bonchev–Trinajstić information content (AvgIpc) is 2.37. The van der Waals surface area contributed by atoms with Gasteiger partial charge in [-0.3, -0.25) is 9.69 Å². The first-order chi connectivity index (χ1) is 8.69. The minimum absolute atomic E-state index is 0.0567. The van der Waals surface area contributed by atoms with E-state index in [-0.39, 0.29) is 6.61 Å². The first kappa shape index (κ1) is 14.7. The molecule has 0 amide bonds.